The van der Waals surface area contributed by atoms with Crippen LogP contribution >= 0.6 is 0 Å². The monoisotopic (exact) mass is 485 g/mol. The summed E-state index contributed by atoms with van der Waals surface area (Å²) in [5.74, 6) is 0.469. The van der Waals surface area contributed by atoms with Crippen molar-refractivity contribution in [3.63, 3.8) is 0 Å². The van der Waals surface area contributed by atoms with Crippen LogP contribution in [0, 0.1) is 6.07 Å². The summed E-state index contributed by atoms with van der Waals surface area (Å²) in [5.41, 5.74) is 7.45. The molecule has 4 heteroatoms. The minimum atomic E-state index is -0.516. The molecule has 1 aliphatic carbocycles. The summed E-state index contributed by atoms with van der Waals surface area (Å²) in [5, 5.41) is 9.99. The first kappa shape index (κ1) is 29.4. The fraction of sp³-hybridized carbons (Fsp3) is 0.185. The Kier molecular flexibility index (Phi) is 13.7. The number of halogens is 2. The van der Waals surface area contributed by atoms with E-state index >= 15 is 0 Å². The van der Waals surface area contributed by atoms with Crippen molar-refractivity contribution in [1.82, 2.24) is 0 Å². The van der Waals surface area contributed by atoms with E-state index in [2.05, 4.69) is 45.0 Å². The maximum Gasteiger partial charge on any atom is 3.00 e. The molecule has 4 rings (SSSR count). The predicted molar refractivity (Wildman–Crippen MR) is 117 cm³/mol. The Balaban J connectivity index is 0.000000529. The second-order valence-corrected chi connectivity index (χ2v) is 7.23. The first-order valence-electron chi connectivity index (χ1n) is 9.68. The second kappa shape index (κ2) is 14.5. The molecule has 1 atom stereocenters. The molecule has 1 unspecified atom stereocenters. The summed E-state index contributed by atoms with van der Waals surface area (Å²) < 4.78 is 0. The van der Waals surface area contributed by atoms with E-state index in [0.717, 1.165) is 11.1 Å². The van der Waals surface area contributed by atoms with Crippen LogP contribution in [0.5, 0.6) is 0 Å². The van der Waals surface area contributed by atoms with Crippen LogP contribution in [0.15, 0.2) is 108 Å². The van der Waals surface area contributed by atoms with Crippen LogP contribution in [0.25, 0.3) is 0 Å². The van der Waals surface area contributed by atoms with Crippen molar-refractivity contribution in [3.05, 3.63) is 130 Å². The van der Waals surface area contributed by atoms with E-state index in [1.807, 2.05) is 72.8 Å². The van der Waals surface area contributed by atoms with Gasteiger partial charge in [0.15, 0.2) is 0 Å². The quantitative estimate of drug-likeness (QED) is 0.426. The van der Waals surface area contributed by atoms with Crippen molar-refractivity contribution in [2.75, 3.05) is 0 Å². The van der Waals surface area contributed by atoms with Gasteiger partial charge in [-0.1, -0.05) is 83.5 Å². The van der Waals surface area contributed by atoms with Crippen molar-refractivity contribution in [1.29, 1.82) is 0 Å². The summed E-state index contributed by atoms with van der Waals surface area (Å²) in [6, 6.07) is 30.9. The zero-order chi connectivity index (χ0) is 19.9. The van der Waals surface area contributed by atoms with Gasteiger partial charge in [-0.15, -0.1) is 0 Å². The topological polar surface area (TPSA) is 20.2 Å². The SMILES string of the molecule is CC1=CC(C)=C(C)C1c1[c-]cccc1.OC(c1ccccc1)c1ccccc1.[Cl-].[Cl-].[Ti+3]. The van der Waals surface area contributed by atoms with Crippen LogP contribution in [0.2, 0.25) is 0 Å². The Bertz CT molecular complexity index is 915. The largest absolute Gasteiger partial charge is 3.00 e. The number of benzene rings is 3. The summed E-state index contributed by atoms with van der Waals surface area (Å²) in [6.45, 7) is 6.60. The average molecular weight is 486 g/mol. The molecule has 1 radical (unpaired) electrons. The normalized spacial score (nSPS) is 14.4. The zero-order valence-electron chi connectivity index (χ0n) is 18.0. The molecular weight excluding hydrogens is 459 g/mol. The van der Waals surface area contributed by atoms with Gasteiger partial charge in [-0.3, -0.25) is 0 Å². The predicted octanol–water partition coefficient (Wildman–Crippen LogP) is 0.640. The van der Waals surface area contributed by atoms with Crippen molar-refractivity contribution in [2.45, 2.75) is 32.8 Å². The van der Waals surface area contributed by atoms with Gasteiger partial charge >= 0.3 is 21.7 Å². The molecule has 31 heavy (non-hydrogen) atoms. The standard InChI is InChI=1S/C14H15.C13H12O.2ClH.Ti/c1-10-9-11(2)14(12(10)3)13-7-5-4-6-8-13;14-13(11-7-3-1-4-8-11)12-9-5-2-6-10-12;;;/h4-7,9,14H,1-3H3;1-10,13-14H;2*1H;/q-1;;;;+3/p-2. The molecule has 0 fully saturated rings. The average Bonchev–Trinajstić information content (AvgIpc) is 3.01. The molecule has 3 aromatic rings. The molecule has 0 aromatic heterocycles. The molecule has 3 aromatic carbocycles. The van der Waals surface area contributed by atoms with E-state index in [-0.39, 0.29) is 46.5 Å². The Hall–Kier alpha value is -1.61. The Morgan fingerprint density at radius 1 is 0.742 bits per heavy atom. The second-order valence-electron chi connectivity index (χ2n) is 7.23. The number of rotatable bonds is 3. The minimum absolute atomic E-state index is 0. The first-order valence-corrected chi connectivity index (χ1v) is 9.68. The van der Waals surface area contributed by atoms with Crippen molar-refractivity contribution < 1.29 is 51.6 Å². The summed E-state index contributed by atoms with van der Waals surface area (Å²) in [6.07, 6.45) is 1.76. The minimum Gasteiger partial charge on any atom is -1.00 e. The third kappa shape index (κ3) is 7.79. The van der Waals surface area contributed by atoms with Gasteiger partial charge in [-0.25, -0.2) is 0 Å². The first-order chi connectivity index (χ1) is 13.6. The number of aliphatic hydroxyl groups is 1. The molecule has 159 valence electrons. The Morgan fingerprint density at radius 3 is 1.61 bits per heavy atom. The molecular formula is C27H27Cl2OTi. The van der Waals surface area contributed by atoms with Gasteiger partial charge in [0.2, 0.25) is 0 Å². The third-order valence-corrected chi connectivity index (χ3v) is 5.23. The Labute approximate surface area is 214 Å². The van der Waals surface area contributed by atoms with Gasteiger partial charge in [0, 0.05) is 5.92 Å². The summed E-state index contributed by atoms with van der Waals surface area (Å²) in [4.78, 5) is 0. The van der Waals surface area contributed by atoms with E-state index in [1.54, 1.807) is 0 Å². The molecule has 0 saturated heterocycles. The number of allylic oxidation sites excluding steroid dienone is 4. The van der Waals surface area contributed by atoms with Crippen molar-refractivity contribution in [3.8, 4) is 0 Å². The van der Waals surface area contributed by atoms with Gasteiger partial charge in [0.1, 0.15) is 6.10 Å². The van der Waals surface area contributed by atoms with Crippen LogP contribution in [0.3, 0.4) is 0 Å². The van der Waals surface area contributed by atoms with Gasteiger partial charge in [0.05, 0.1) is 0 Å². The molecule has 1 nitrogen and oxygen atoms in total. The summed E-state index contributed by atoms with van der Waals surface area (Å²) >= 11 is 0. The van der Waals surface area contributed by atoms with Gasteiger partial charge in [-0.05, 0) is 31.9 Å². The maximum atomic E-state index is 9.99. The van der Waals surface area contributed by atoms with E-state index in [4.69, 9.17) is 0 Å². The van der Waals surface area contributed by atoms with Crippen molar-refractivity contribution in [2.24, 2.45) is 0 Å². The third-order valence-electron chi connectivity index (χ3n) is 5.23. The van der Waals surface area contributed by atoms with E-state index in [9.17, 15) is 5.11 Å². The van der Waals surface area contributed by atoms with Gasteiger partial charge in [0.25, 0.3) is 0 Å². The molecule has 0 amide bonds. The molecule has 0 heterocycles. The zero-order valence-corrected chi connectivity index (χ0v) is 21.1. The maximum absolute atomic E-state index is 9.99. The van der Waals surface area contributed by atoms with Crippen LogP contribution in [-0.2, 0) is 21.7 Å². The van der Waals surface area contributed by atoms with E-state index < -0.39 is 6.10 Å². The number of aliphatic hydroxyl groups excluding tert-OH is 1. The van der Waals surface area contributed by atoms with Crippen LogP contribution in [0.4, 0.5) is 0 Å². The number of hydrogen-bond acceptors (Lipinski definition) is 1. The van der Waals surface area contributed by atoms with E-state index in [1.165, 1.54) is 22.3 Å². The van der Waals surface area contributed by atoms with Crippen LogP contribution in [-0.4, -0.2) is 5.11 Å². The molecule has 0 bridgehead atoms. The number of hydrogen-bond donors (Lipinski definition) is 1. The van der Waals surface area contributed by atoms with Gasteiger partial charge in [-0.2, -0.15) is 35.9 Å². The smallest absolute Gasteiger partial charge is 1.00 e. The summed E-state index contributed by atoms with van der Waals surface area (Å²) in [7, 11) is 0. The Morgan fingerprint density at radius 2 is 1.23 bits per heavy atom. The molecule has 0 saturated carbocycles. The molecule has 1 aliphatic rings. The van der Waals surface area contributed by atoms with Crippen molar-refractivity contribution >= 4 is 0 Å². The van der Waals surface area contributed by atoms with Crippen LogP contribution < -0.4 is 24.8 Å². The van der Waals surface area contributed by atoms with E-state index in [0.29, 0.717) is 5.92 Å². The molecule has 1 N–H and O–H groups in total. The molecule has 0 spiro atoms. The van der Waals surface area contributed by atoms with Crippen LogP contribution in [0.1, 0.15) is 49.5 Å². The fourth-order valence-corrected chi connectivity index (χ4v) is 3.64. The van der Waals surface area contributed by atoms with Gasteiger partial charge < -0.3 is 29.9 Å². The molecule has 0 aliphatic heterocycles. The fourth-order valence-electron chi connectivity index (χ4n) is 3.64.